The Morgan fingerprint density at radius 2 is 1.91 bits per heavy atom. The van der Waals surface area contributed by atoms with Crippen LogP contribution in [0.2, 0.25) is 0 Å². The van der Waals surface area contributed by atoms with Crippen molar-refractivity contribution in [3.05, 3.63) is 100 Å². The number of aryl methyl sites for hydroxylation is 1. The van der Waals surface area contributed by atoms with E-state index in [0.29, 0.717) is 28.8 Å². The van der Waals surface area contributed by atoms with Gasteiger partial charge in [-0.3, -0.25) is 9.20 Å². The molecule has 0 radical (unpaired) electrons. The van der Waals surface area contributed by atoms with E-state index in [1.807, 2.05) is 6.92 Å². The molecule has 2 N–H and O–H groups in total. The van der Waals surface area contributed by atoms with Crippen molar-refractivity contribution in [3.63, 3.8) is 0 Å². The number of hydrogen-bond acceptors (Lipinski definition) is 4. The minimum absolute atomic E-state index is 0.0535. The van der Waals surface area contributed by atoms with Gasteiger partial charge in [-0.1, -0.05) is 12.1 Å². The number of nitrogens with one attached hydrogen (secondary N) is 2. The Morgan fingerprint density at radius 1 is 1.06 bits per heavy atom. The lowest BCUT2D eigenvalue weighted by molar-refractivity contribution is 0.262. The molecule has 9 heteroatoms. The number of ether oxygens (including phenoxy) is 1. The van der Waals surface area contributed by atoms with Crippen LogP contribution in [-0.4, -0.2) is 15.4 Å². The second-order valence-electron chi connectivity index (χ2n) is 6.99. The fraction of sp³-hybridized carbons (Fsp3) is 0.0870. The molecule has 162 valence electrons. The number of hydrogen-bond donors (Lipinski definition) is 2. The van der Waals surface area contributed by atoms with E-state index in [0.717, 1.165) is 17.7 Å². The van der Waals surface area contributed by atoms with Gasteiger partial charge in [0.25, 0.3) is 5.56 Å². The third-order valence-electron chi connectivity index (χ3n) is 4.62. The monoisotopic (exact) mass is 436 g/mol. The highest BCUT2D eigenvalue weighted by molar-refractivity contribution is 5.99. The molecule has 4 aromatic rings. The highest BCUT2D eigenvalue weighted by Crippen LogP contribution is 2.24. The number of halogens is 2. The van der Waals surface area contributed by atoms with Crippen LogP contribution in [0.25, 0.3) is 5.65 Å². The van der Waals surface area contributed by atoms with E-state index in [2.05, 4.69) is 15.6 Å². The number of pyridine rings is 1. The lowest BCUT2D eigenvalue weighted by Gasteiger charge is -2.13. The summed E-state index contributed by atoms with van der Waals surface area (Å²) in [5.41, 5.74) is 1.81. The van der Waals surface area contributed by atoms with Crippen molar-refractivity contribution in [3.8, 4) is 5.75 Å². The number of anilines is 2. The van der Waals surface area contributed by atoms with Gasteiger partial charge in [-0.15, -0.1) is 0 Å². The molecule has 0 spiro atoms. The summed E-state index contributed by atoms with van der Waals surface area (Å²) in [6.07, 6.45) is 1.64. The van der Waals surface area contributed by atoms with E-state index >= 15 is 0 Å². The summed E-state index contributed by atoms with van der Waals surface area (Å²) >= 11 is 0. The second-order valence-corrected chi connectivity index (χ2v) is 6.99. The number of carbonyl (C=O) groups is 1. The number of fused-ring (bicyclic) bond motifs is 1. The fourth-order valence-corrected chi connectivity index (χ4v) is 3.04. The first kappa shape index (κ1) is 21.0. The number of nitrogens with zero attached hydrogens (tertiary/aromatic N) is 2. The number of rotatable bonds is 5. The zero-order valence-corrected chi connectivity index (χ0v) is 16.9. The molecule has 4 rings (SSSR count). The molecule has 0 aliphatic rings. The molecule has 0 saturated carbocycles. The third kappa shape index (κ3) is 4.72. The summed E-state index contributed by atoms with van der Waals surface area (Å²) in [7, 11) is 0. The van der Waals surface area contributed by atoms with Crippen LogP contribution in [0, 0.1) is 18.6 Å². The fourth-order valence-electron chi connectivity index (χ4n) is 3.04. The van der Waals surface area contributed by atoms with Crippen LogP contribution < -0.4 is 20.9 Å². The van der Waals surface area contributed by atoms with Gasteiger partial charge in [-0.2, -0.15) is 0 Å². The Balaban J connectivity index is 1.45. The molecular weight excluding hydrogens is 418 g/mol. The number of carbonyl (C=O) groups excluding carboxylic acids is 1. The Morgan fingerprint density at radius 3 is 2.72 bits per heavy atom. The highest BCUT2D eigenvalue weighted by atomic mass is 19.1. The van der Waals surface area contributed by atoms with E-state index in [-0.39, 0.29) is 17.9 Å². The summed E-state index contributed by atoms with van der Waals surface area (Å²) in [5, 5.41) is 4.89. The van der Waals surface area contributed by atoms with Crippen molar-refractivity contribution in [1.29, 1.82) is 0 Å². The van der Waals surface area contributed by atoms with Crippen molar-refractivity contribution in [2.45, 2.75) is 13.5 Å². The van der Waals surface area contributed by atoms with Crippen molar-refractivity contribution in [2.75, 3.05) is 10.6 Å². The number of urea groups is 1. The molecule has 2 aromatic heterocycles. The van der Waals surface area contributed by atoms with Crippen molar-refractivity contribution < 1.29 is 18.3 Å². The molecule has 0 atom stereocenters. The maximum Gasteiger partial charge on any atom is 0.323 e. The van der Waals surface area contributed by atoms with Gasteiger partial charge in [-0.05, 0) is 42.8 Å². The topological polar surface area (TPSA) is 84.7 Å². The molecule has 0 aliphatic carbocycles. The number of amides is 2. The van der Waals surface area contributed by atoms with Gasteiger partial charge < -0.3 is 15.4 Å². The van der Waals surface area contributed by atoms with Gasteiger partial charge in [0.2, 0.25) is 0 Å². The van der Waals surface area contributed by atoms with Crippen LogP contribution >= 0.6 is 0 Å². The number of benzene rings is 2. The van der Waals surface area contributed by atoms with E-state index in [4.69, 9.17) is 4.74 Å². The van der Waals surface area contributed by atoms with E-state index < -0.39 is 17.7 Å². The zero-order chi connectivity index (χ0) is 22.7. The molecule has 0 unspecified atom stereocenters. The van der Waals surface area contributed by atoms with Gasteiger partial charge in [0.05, 0.1) is 11.4 Å². The summed E-state index contributed by atoms with van der Waals surface area (Å²) in [5.74, 6) is -1.14. The van der Waals surface area contributed by atoms with Gasteiger partial charge in [0.1, 0.15) is 29.6 Å². The minimum Gasteiger partial charge on any atom is -0.487 e. The van der Waals surface area contributed by atoms with Gasteiger partial charge in [-0.25, -0.2) is 18.6 Å². The average molecular weight is 436 g/mol. The summed E-state index contributed by atoms with van der Waals surface area (Å²) < 4.78 is 34.0. The lowest BCUT2D eigenvalue weighted by Crippen LogP contribution is -2.20. The molecule has 7 nitrogen and oxygen atoms in total. The Hall–Kier alpha value is -4.27. The molecular formula is C23H18F2N4O3. The predicted octanol–water partition coefficient (Wildman–Crippen LogP) is 4.50. The largest absolute Gasteiger partial charge is 0.487 e. The normalized spacial score (nSPS) is 10.7. The number of aromatic nitrogens is 2. The predicted molar refractivity (Wildman–Crippen MR) is 116 cm³/mol. The Labute approximate surface area is 181 Å². The van der Waals surface area contributed by atoms with Crippen LogP contribution in [0.5, 0.6) is 5.75 Å². The van der Waals surface area contributed by atoms with E-state index in [9.17, 15) is 18.4 Å². The molecule has 0 saturated heterocycles. The van der Waals surface area contributed by atoms with Gasteiger partial charge in [0.15, 0.2) is 0 Å². The first-order valence-electron chi connectivity index (χ1n) is 9.63. The molecule has 32 heavy (non-hydrogen) atoms. The molecule has 0 aliphatic heterocycles. The molecule has 2 heterocycles. The van der Waals surface area contributed by atoms with E-state index in [1.165, 1.54) is 10.5 Å². The van der Waals surface area contributed by atoms with Crippen LogP contribution in [0.4, 0.5) is 25.0 Å². The summed E-state index contributed by atoms with van der Waals surface area (Å²) in [6.45, 7) is 1.88. The molecule has 2 aromatic carbocycles. The highest BCUT2D eigenvalue weighted by Gasteiger charge is 2.10. The Bertz CT molecular complexity index is 1370. The summed E-state index contributed by atoms with van der Waals surface area (Å²) in [4.78, 5) is 28.8. The maximum absolute atomic E-state index is 13.7. The average Bonchev–Trinajstić information content (AvgIpc) is 2.76. The minimum atomic E-state index is -0.883. The molecule has 0 fully saturated rings. The van der Waals surface area contributed by atoms with Crippen molar-refractivity contribution in [2.24, 2.45) is 0 Å². The summed E-state index contributed by atoms with van der Waals surface area (Å²) in [6, 6.07) is 13.8. The molecule has 0 bridgehead atoms. The van der Waals surface area contributed by atoms with Crippen molar-refractivity contribution in [1.82, 2.24) is 9.38 Å². The van der Waals surface area contributed by atoms with Crippen LogP contribution in [0.1, 0.15) is 11.3 Å². The Kier molecular flexibility index (Phi) is 5.80. The lowest BCUT2D eigenvalue weighted by atomic mass is 10.2. The SMILES string of the molecule is Cc1ccc(NC(=O)Nc2ccc(F)cc2F)cc1OCc1cc(=O)n2ccccc2n1. The molecule has 2 amide bonds. The maximum atomic E-state index is 13.7. The van der Waals surface area contributed by atoms with E-state index in [1.54, 1.807) is 42.6 Å². The second kappa shape index (κ2) is 8.84. The van der Waals surface area contributed by atoms with Crippen LogP contribution in [-0.2, 0) is 6.61 Å². The first-order valence-corrected chi connectivity index (χ1v) is 9.63. The zero-order valence-electron chi connectivity index (χ0n) is 16.9. The van der Waals surface area contributed by atoms with Crippen LogP contribution in [0.15, 0.2) is 71.7 Å². The van der Waals surface area contributed by atoms with Crippen molar-refractivity contribution >= 4 is 23.1 Å². The standard InChI is InChI=1S/C23H18F2N4O3/c1-14-5-7-16(27-23(31)28-19-8-6-15(24)10-18(19)25)11-20(14)32-13-17-12-22(30)29-9-3-2-4-21(29)26-17/h2-12H,13H2,1H3,(H2,27,28,31). The quantitative estimate of drug-likeness (QED) is 0.482. The van der Waals surface area contributed by atoms with Gasteiger partial charge in [0, 0.05) is 30.1 Å². The first-order chi connectivity index (χ1) is 15.4. The smallest absolute Gasteiger partial charge is 0.323 e. The van der Waals surface area contributed by atoms with Gasteiger partial charge >= 0.3 is 6.03 Å². The van der Waals surface area contributed by atoms with Crippen LogP contribution in [0.3, 0.4) is 0 Å². The third-order valence-corrected chi connectivity index (χ3v) is 4.62.